The van der Waals surface area contributed by atoms with Crippen LogP contribution in [0.2, 0.25) is 5.02 Å². The van der Waals surface area contributed by atoms with Gasteiger partial charge >= 0.3 is 10.1 Å². The van der Waals surface area contributed by atoms with Crippen LogP contribution in [0.15, 0.2) is 64.7 Å². The van der Waals surface area contributed by atoms with E-state index >= 15 is 0 Å². The van der Waals surface area contributed by atoms with Gasteiger partial charge in [0.1, 0.15) is 16.3 Å². The number of aromatic nitrogens is 2. The first-order chi connectivity index (χ1) is 13.8. The fraction of sp³-hybridized carbons (Fsp3) is 0.105. The second kappa shape index (κ2) is 8.46. The molecule has 1 heterocycles. The van der Waals surface area contributed by atoms with Crippen molar-refractivity contribution in [2.75, 3.05) is 0 Å². The number of benzene rings is 2. The predicted molar refractivity (Wildman–Crippen MR) is 109 cm³/mol. The number of hydrogen-bond donors (Lipinski definition) is 1. The summed E-state index contributed by atoms with van der Waals surface area (Å²) < 4.78 is 31.1. The van der Waals surface area contributed by atoms with E-state index in [-0.39, 0.29) is 21.4 Å². The smallest absolute Gasteiger partial charge is 0.339 e. The molecule has 8 nitrogen and oxygen atoms in total. The largest absolute Gasteiger partial charge is 0.379 e. The summed E-state index contributed by atoms with van der Waals surface area (Å²) in [5.41, 5.74) is 4.12. The molecule has 2 aromatic carbocycles. The summed E-state index contributed by atoms with van der Waals surface area (Å²) in [6.07, 6.45) is 2.77. The minimum absolute atomic E-state index is 0.0743. The third-order valence-corrected chi connectivity index (χ3v) is 5.42. The number of halogens is 1. The van der Waals surface area contributed by atoms with Crippen LogP contribution in [0.25, 0.3) is 0 Å². The van der Waals surface area contributed by atoms with Gasteiger partial charge in [-0.3, -0.25) is 9.48 Å². The van der Waals surface area contributed by atoms with Gasteiger partial charge in [0.15, 0.2) is 0 Å². The van der Waals surface area contributed by atoms with Gasteiger partial charge in [0.2, 0.25) is 0 Å². The van der Waals surface area contributed by atoms with Crippen molar-refractivity contribution in [2.24, 2.45) is 12.1 Å². The molecule has 29 heavy (non-hydrogen) atoms. The standard InChI is InChI=1S/C19H17ClN4O4S/c1-13-3-9-16(10-4-13)29(26,27)28-15-7-5-14(6-8-15)11-21-23-19(25)18-17(20)12-22-24(18)2/h3-12H,1-2H3,(H,23,25)/b21-11-. The van der Waals surface area contributed by atoms with Gasteiger partial charge in [-0.25, -0.2) is 5.43 Å². The first-order valence-electron chi connectivity index (χ1n) is 8.38. The topological polar surface area (TPSA) is 103 Å². The summed E-state index contributed by atoms with van der Waals surface area (Å²) in [5.74, 6) is -0.344. The lowest BCUT2D eigenvalue weighted by atomic mass is 10.2. The number of hydrogen-bond acceptors (Lipinski definition) is 6. The fourth-order valence-corrected chi connectivity index (χ4v) is 3.56. The van der Waals surface area contributed by atoms with E-state index in [1.807, 2.05) is 6.92 Å². The Kier molecular flexibility index (Phi) is 6.00. The highest BCUT2D eigenvalue weighted by molar-refractivity contribution is 7.87. The molecular formula is C19H17ClN4O4S. The summed E-state index contributed by atoms with van der Waals surface area (Å²) in [7, 11) is -2.32. The fourth-order valence-electron chi connectivity index (χ4n) is 2.37. The Hall–Kier alpha value is -3.17. The van der Waals surface area contributed by atoms with Crippen LogP contribution in [0.5, 0.6) is 5.75 Å². The molecule has 0 aliphatic carbocycles. The SMILES string of the molecule is Cc1ccc(S(=O)(=O)Oc2ccc(/C=N\NC(=O)c3c(Cl)cnn3C)cc2)cc1. The molecule has 0 fully saturated rings. The molecule has 0 spiro atoms. The molecule has 0 aliphatic rings. The Morgan fingerprint density at radius 1 is 1.17 bits per heavy atom. The average Bonchev–Trinajstić information content (AvgIpc) is 3.01. The average molecular weight is 433 g/mol. The first kappa shape index (κ1) is 20.6. The van der Waals surface area contributed by atoms with Crippen molar-refractivity contribution in [3.8, 4) is 5.75 Å². The first-order valence-corrected chi connectivity index (χ1v) is 10.2. The van der Waals surface area contributed by atoms with E-state index in [9.17, 15) is 13.2 Å². The molecule has 3 rings (SSSR count). The number of hydrazone groups is 1. The van der Waals surface area contributed by atoms with Gasteiger partial charge in [0.25, 0.3) is 5.91 Å². The quantitative estimate of drug-likeness (QED) is 0.366. The molecule has 0 unspecified atom stereocenters. The Balaban J connectivity index is 1.63. The maximum atomic E-state index is 12.3. The number of nitrogens with one attached hydrogen (secondary N) is 1. The molecule has 150 valence electrons. The molecular weight excluding hydrogens is 416 g/mol. The highest BCUT2D eigenvalue weighted by Crippen LogP contribution is 2.19. The zero-order valence-corrected chi connectivity index (χ0v) is 17.1. The second-order valence-electron chi connectivity index (χ2n) is 6.08. The van der Waals surface area contributed by atoms with Crippen molar-refractivity contribution in [3.63, 3.8) is 0 Å². The Labute approximate surface area is 172 Å². The number of carbonyl (C=O) groups excluding carboxylic acids is 1. The van der Waals surface area contributed by atoms with Gasteiger partial charge in [-0.1, -0.05) is 29.3 Å². The van der Waals surface area contributed by atoms with E-state index in [0.29, 0.717) is 5.56 Å². The van der Waals surface area contributed by atoms with E-state index in [2.05, 4.69) is 15.6 Å². The normalized spacial score (nSPS) is 11.6. The summed E-state index contributed by atoms with van der Waals surface area (Å²) in [5, 5.41) is 7.95. The molecule has 0 saturated heterocycles. The van der Waals surface area contributed by atoms with Gasteiger partial charge in [0.05, 0.1) is 17.4 Å². The van der Waals surface area contributed by atoms with E-state index in [1.54, 1.807) is 31.3 Å². The molecule has 10 heteroatoms. The summed E-state index contributed by atoms with van der Waals surface area (Å²) >= 11 is 5.90. The van der Waals surface area contributed by atoms with Crippen molar-refractivity contribution < 1.29 is 17.4 Å². The van der Waals surface area contributed by atoms with Crippen LogP contribution in [0.1, 0.15) is 21.6 Å². The number of aryl methyl sites for hydroxylation is 2. The molecule has 0 saturated carbocycles. The number of carbonyl (C=O) groups is 1. The number of rotatable bonds is 6. The highest BCUT2D eigenvalue weighted by Gasteiger charge is 2.16. The molecule has 1 N–H and O–H groups in total. The van der Waals surface area contributed by atoms with Gasteiger partial charge < -0.3 is 4.18 Å². The third-order valence-electron chi connectivity index (χ3n) is 3.88. The Bertz CT molecular complexity index is 1130. The lowest BCUT2D eigenvalue weighted by Gasteiger charge is -2.07. The highest BCUT2D eigenvalue weighted by atomic mass is 35.5. The van der Waals surface area contributed by atoms with Crippen molar-refractivity contribution in [1.82, 2.24) is 15.2 Å². The minimum atomic E-state index is -3.92. The van der Waals surface area contributed by atoms with Crippen LogP contribution in [0.3, 0.4) is 0 Å². The predicted octanol–water partition coefficient (Wildman–Crippen LogP) is 2.91. The van der Waals surface area contributed by atoms with Crippen molar-refractivity contribution >= 4 is 33.8 Å². The molecule has 0 radical (unpaired) electrons. The van der Waals surface area contributed by atoms with Crippen LogP contribution in [-0.4, -0.2) is 30.3 Å². The van der Waals surface area contributed by atoms with Crippen molar-refractivity contribution in [3.05, 3.63) is 76.6 Å². The third kappa shape index (κ3) is 5.01. The van der Waals surface area contributed by atoms with Gasteiger partial charge in [-0.15, -0.1) is 0 Å². The molecule has 3 aromatic rings. The minimum Gasteiger partial charge on any atom is -0.379 e. The van der Waals surface area contributed by atoms with E-state index < -0.39 is 16.0 Å². The maximum absolute atomic E-state index is 12.3. The summed E-state index contributed by atoms with van der Waals surface area (Å²) in [6, 6.07) is 12.6. The van der Waals surface area contributed by atoms with Crippen molar-refractivity contribution in [1.29, 1.82) is 0 Å². The van der Waals surface area contributed by atoms with Crippen LogP contribution >= 0.6 is 11.6 Å². The Morgan fingerprint density at radius 3 is 2.41 bits per heavy atom. The lowest BCUT2D eigenvalue weighted by molar-refractivity contribution is 0.0946. The molecule has 0 atom stereocenters. The molecule has 0 aliphatic heterocycles. The van der Waals surface area contributed by atoms with Crippen LogP contribution in [-0.2, 0) is 17.2 Å². The summed E-state index contributed by atoms with van der Waals surface area (Å²) in [6.45, 7) is 1.87. The Morgan fingerprint density at radius 2 is 1.83 bits per heavy atom. The second-order valence-corrected chi connectivity index (χ2v) is 8.04. The molecule has 0 bridgehead atoms. The van der Waals surface area contributed by atoms with Gasteiger partial charge in [0, 0.05) is 7.05 Å². The zero-order chi connectivity index (χ0) is 21.0. The molecule has 1 aromatic heterocycles. The summed E-state index contributed by atoms with van der Waals surface area (Å²) in [4.78, 5) is 12.1. The maximum Gasteiger partial charge on any atom is 0.339 e. The lowest BCUT2D eigenvalue weighted by Crippen LogP contribution is -2.21. The van der Waals surface area contributed by atoms with Crippen molar-refractivity contribution in [2.45, 2.75) is 11.8 Å². The molecule has 1 amide bonds. The van der Waals surface area contributed by atoms with E-state index in [1.165, 1.54) is 41.4 Å². The van der Waals surface area contributed by atoms with Crippen LogP contribution in [0, 0.1) is 6.92 Å². The van der Waals surface area contributed by atoms with Gasteiger partial charge in [-0.2, -0.15) is 18.6 Å². The van der Waals surface area contributed by atoms with Crippen LogP contribution < -0.4 is 9.61 Å². The monoisotopic (exact) mass is 432 g/mol. The number of nitrogens with zero attached hydrogens (tertiary/aromatic N) is 3. The van der Waals surface area contributed by atoms with Crippen LogP contribution in [0.4, 0.5) is 0 Å². The van der Waals surface area contributed by atoms with E-state index in [4.69, 9.17) is 15.8 Å². The van der Waals surface area contributed by atoms with E-state index in [0.717, 1.165) is 5.56 Å². The van der Waals surface area contributed by atoms with Gasteiger partial charge in [-0.05, 0) is 48.9 Å². The number of amides is 1. The zero-order valence-electron chi connectivity index (χ0n) is 15.5.